The van der Waals surface area contributed by atoms with Crippen molar-refractivity contribution in [1.82, 2.24) is 5.32 Å². The van der Waals surface area contributed by atoms with Crippen molar-refractivity contribution in [2.45, 2.75) is 24.4 Å². The van der Waals surface area contributed by atoms with E-state index >= 15 is 0 Å². The first-order chi connectivity index (χ1) is 8.59. The number of halogens is 3. The standard InChI is InChI=1S/C12H16F3NO2S/c1-8(19(3,17)18)11(16-2)9-6-4-5-7-10(9)12(13,14)15/h4-8,11,16H,1-3H3. The van der Waals surface area contributed by atoms with Crippen molar-refractivity contribution in [1.29, 1.82) is 0 Å². The lowest BCUT2D eigenvalue weighted by Crippen LogP contribution is -2.34. The summed E-state index contributed by atoms with van der Waals surface area (Å²) in [5.41, 5.74) is -0.875. The van der Waals surface area contributed by atoms with Crippen LogP contribution < -0.4 is 5.32 Å². The Balaban J connectivity index is 3.35. The van der Waals surface area contributed by atoms with Crippen molar-refractivity contribution < 1.29 is 21.6 Å². The molecule has 3 nitrogen and oxygen atoms in total. The maximum Gasteiger partial charge on any atom is 0.416 e. The van der Waals surface area contributed by atoms with Gasteiger partial charge in [-0.3, -0.25) is 0 Å². The molecule has 1 aromatic carbocycles. The van der Waals surface area contributed by atoms with Gasteiger partial charge in [0.15, 0.2) is 9.84 Å². The fourth-order valence-electron chi connectivity index (χ4n) is 1.92. The number of hydrogen-bond acceptors (Lipinski definition) is 3. The summed E-state index contributed by atoms with van der Waals surface area (Å²) in [5.74, 6) is 0. The predicted octanol–water partition coefficient (Wildman–Crippen LogP) is 2.40. The average molecular weight is 295 g/mol. The van der Waals surface area contributed by atoms with Gasteiger partial charge in [0, 0.05) is 12.3 Å². The van der Waals surface area contributed by atoms with Gasteiger partial charge < -0.3 is 5.32 Å². The molecule has 0 aliphatic heterocycles. The maximum atomic E-state index is 12.9. The molecule has 0 aliphatic carbocycles. The van der Waals surface area contributed by atoms with Crippen molar-refractivity contribution in [2.24, 2.45) is 0 Å². The van der Waals surface area contributed by atoms with Crippen molar-refractivity contribution in [3.05, 3.63) is 35.4 Å². The fourth-order valence-corrected chi connectivity index (χ4v) is 2.69. The van der Waals surface area contributed by atoms with E-state index in [0.717, 1.165) is 12.3 Å². The molecule has 1 rings (SSSR count). The molecule has 0 aromatic heterocycles. The number of rotatable bonds is 4. The van der Waals surface area contributed by atoms with Crippen LogP contribution in [0.4, 0.5) is 13.2 Å². The summed E-state index contributed by atoms with van der Waals surface area (Å²) in [6, 6.07) is 4.09. The van der Waals surface area contributed by atoms with Crippen LogP contribution >= 0.6 is 0 Å². The highest BCUT2D eigenvalue weighted by molar-refractivity contribution is 7.91. The molecule has 1 N–H and O–H groups in total. The molecule has 0 saturated carbocycles. The van der Waals surface area contributed by atoms with E-state index in [4.69, 9.17) is 0 Å². The van der Waals surface area contributed by atoms with Gasteiger partial charge in [-0.2, -0.15) is 13.2 Å². The number of sulfone groups is 1. The second-order valence-corrected chi connectivity index (χ2v) is 6.79. The van der Waals surface area contributed by atoms with E-state index in [1.54, 1.807) is 0 Å². The molecule has 1 aromatic rings. The van der Waals surface area contributed by atoms with E-state index in [9.17, 15) is 21.6 Å². The smallest absolute Gasteiger partial charge is 0.312 e. The average Bonchev–Trinajstić information content (AvgIpc) is 2.28. The van der Waals surface area contributed by atoms with Gasteiger partial charge in [-0.15, -0.1) is 0 Å². The minimum Gasteiger partial charge on any atom is -0.312 e. The Morgan fingerprint density at radius 2 is 1.74 bits per heavy atom. The van der Waals surface area contributed by atoms with Crippen LogP contribution in [0.15, 0.2) is 24.3 Å². The Hall–Kier alpha value is -1.08. The molecule has 0 spiro atoms. The zero-order valence-electron chi connectivity index (χ0n) is 10.8. The lowest BCUT2D eigenvalue weighted by Gasteiger charge is -2.25. The van der Waals surface area contributed by atoms with Gasteiger partial charge in [0.2, 0.25) is 0 Å². The summed E-state index contributed by atoms with van der Waals surface area (Å²) >= 11 is 0. The van der Waals surface area contributed by atoms with Crippen molar-refractivity contribution in [2.75, 3.05) is 13.3 Å². The molecule has 0 aliphatic rings. The summed E-state index contributed by atoms with van der Waals surface area (Å²) < 4.78 is 61.9. The van der Waals surface area contributed by atoms with E-state index in [0.29, 0.717) is 0 Å². The molecule has 2 atom stereocenters. The summed E-state index contributed by atoms with van der Waals surface area (Å²) in [6.45, 7) is 1.39. The van der Waals surface area contributed by atoms with Crippen LogP contribution in [-0.2, 0) is 16.0 Å². The lowest BCUT2D eigenvalue weighted by atomic mass is 9.98. The molecule has 19 heavy (non-hydrogen) atoms. The molecule has 0 heterocycles. The predicted molar refractivity (Wildman–Crippen MR) is 67.6 cm³/mol. The van der Waals surface area contributed by atoms with Crippen molar-refractivity contribution >= 4 is 9.84 Å². The third-order valence-electron chi connectivity index (χ3n) is 3.06. The van der Waals surface area contributed by atoms with Crippen LogP contribution in [0.3, 0.4) is 0 Å². The molecule has 0 radical (unpaired) electrons. The highest BCUT2D eigenvalue weighted by atomic mass is 32.2. The first kappa shape index (κ1) is 16.0. The minimum absolute atomic E-state index is 0.0598. The molecule has 0 saturated heterocycles. The highest BCUT2D eigenvalue weighted by Crippen LogP contribution is 2.36. The zero-order valence-corrected chi connectivity index (χ0v) is 11.6. The Bertz CT molecular complexity index is 540. The zero-order chi connectivity index (χ0) is 14.8. The van der Waals surface area contributed by atoms with Crippen molar-refractivity contribution in [3.63, 3.8) is 0 Å². The van der Waals surface area contributed by atoms with Gasteiger partial charge in [0.05, 0.1) is 10.8 Å². The first-order valence-electron chi connectivity index (χ1n) is 5.61. The third kappa shape index (κ3) is 3.70. The molecule has 0 bridgehead atoms. The van der Waals surface area contributed by atoms with E-state index in [1.807, 2.05) is 0 Å². The molecule has 0 amide bonds. The summed E-state index contributed by atoms with van der Waals surface area (Å²) in [7, 11) is -2.01. The van der Waals surface area contributed by atoms with Gasteiger partial charge >= 0.3 is 6.18 Å². The summed E-state index contributed by atoms with van der Waals surface area (Å²) in [6.07, 6.45) is -3.50. The molecular weight excluding hydrogens is 279 g/mol. The number of benzene rings is 1. The highest BCUT2D eigenvalue weighted by Gasteiger charge is 2.37. The van der Waals surface area contributed by atoms with Crippen LogP contribution in [0, 0.1) is 0 Å². The van der Waals surface area contributed by atoms with E-state index in [-0.39, 0.29) is 5.56 Å². The third-order valence-corrected chi connectivity index (χ3v) is 4.68. The molecule has 7 heteroatoms. The monoisotopic (exact) mass is 295 g/mol. The summed E-state index contributed by atoms with van der Waals surface area (Å²) in [5, 5.41) is 1.70. The molecular formula is C12H16F3NO2S. The van der Waals surface area contributed by atoms with Gasteiger partial charge in [-0.25, -0.2) is 8.42 Å². The Kier molecular flexibility index (Phi) is 4.63. The Labute approximate surface area is 110 Å². The summed E-state index contributed by atoms with van der Waals surface area (Å²) in [4.78, 5) is 0. The number of alkyl halides is 3. The van der Waals surface area contributed by atoms with Gasteiger partial charge in [-0.1, -0.05) is 18.2 Å². The van der Waals surface area contributed by atoms with Crippen LogP contribution in [0.5, 0.6) is 0 Å². The van der Waals surface area contributed by atoms with Crippen molar-refractivity contribution in [3.8, 4) is 0 Å². The van der Waals surface area contributed by atoms with E-state index < -0.39 is 32.9 Å². The van der Waals surface area contributed by atoms with Gasteiger partial charge in [0.1, 0.15) is 0 Å². The lowest BCUT2D eigenvalue weighted by molar-refractivity contribution is -0.138. The number of hydrogen-bond donors (Lipinski definition) is 1. The van der Waals surface area contributed by atoms with Crippen LogP contribution in [0.25, 0.3) is 0 Å². The quantitative estimate of drug-likeness (QED) is 0.928. The van der Waals surface area contributed by atoms with Crippen LogP contribution in [0.2, 0.25) is 0 Å². The van der Waals surface area contributed by atoms with Gasteiger partial charge in [0.25, 0.3) is 0 Å². The van der Waals surface area contributed by atoms with Gasteiger partial charge in [-0.05, 0) is 25.6 Å². The normalized spacial score (nSPS) is 16.1. The SMILES string of the molecule is CNC(c1ccccc1C(F)(F)F)C(C)S(C)(=O)=O. The Morgan fingerprint density at radius 3 is 2.16 bits per heavy atom. The van der Waals surface area contributed by atoms with Crippen LogP contribution in [-0.4, -0.2) is 27.0 Å². The first-order valence-corrected chi connectivity index (χ1v) is 7.56. The number of nitrogens with one attached hydrogen (secondary N) is 1. The van der Waals surface area contributed by atoms with E-state index in [2.05, 4.69) is 5.32 Å². The molecule has 108 valence electrons. The largest absolute Gasteiger partial charge is 0.416 e. The minimum atomic E-state index is -4.51. The molecule has 2 unspecified atom stereocenters. The van der Waals surface area contributed by atoms with E-state index in [1.165, 1.54) is 32.2 Å². The topological polar surface area (TPSA) is 46.2 Å². The fraction of sp³-hybridized carbons (Fsp3) is 0.500. The second kappa shape index (κ2) is 5.50. The Morgan fingerprint density at radius 1 is 1.21 bits per heavy atom. The maximum absolute atomic E-state index is 12.9. The van der Waals surface area contributed by atoms with Crippen LogP contribution in [0.1, 0.15) is 24.1 Å². The second-order valence-electron chi connectivity index (χ2n) is 4.39. The molecule has 0 fully saturated rings.